The zero-order chi connectivity index (χ0) is 20.2. The lowest BCUT2D eigenvalue weighted by molar-refractivity contribution is -0.119. The fourth-order valence-corrected chi connectivity index (χ4v) is 5.63. The number of aromatic nitrogens is 3. The van der Waals surface area contributed by atoms with Crippen molar-refractivity contribution in [2.75, 3.05) is 14.2 Å². The summed E-state index contributed by atoms with van der Waals surface area (Å²) >= 11 is 1.61. The molecule has 0 aliphatic heterocycles. The molecule has 2 aliphatic carbocycles. The van der Waals surface area contributed by atoms with Crippen LogP contribution in [0.25, 0.3) is 11.4 Å². The van der Waals surface area contributed by atoms with Gasteiger partial charge in [-0.25, -0.2) is 0 Å². The van der Waals surface area contributed by atoms with Crippen LogP contribution in [0.1, 0.15) is 63.8 Å². The standard InChI is InChI=1S/C22H29N3O3S/c1-27-18-13-12-15(14-19(18)28-2)21-23-24-22(25(21)16-8-4-3-5-9-16)29-20-11-7-6-10-17(20)26/h12-14,16,20H,3-11H2,1-2H3. The van der Waals surface area contributed by atoms with E-state index in [1.54, 1.807) is 26.0 Å². The first kappa shape index (κ1) is 20.3. The van der Waals surface area contributed by atoms with E-state index in [2.05, 4.69) is 14.8 Å². The van der Waals surface area contributed by atoms with Crippen LogP contribution in [0.5, 0.6) is 11.5 Å². The first-order chi connectivity index (χ1) is 14.2. The average Bonchev–Trinajstić information content (AvgIpc) is 3.19. The fourth-order valence-electron chi connectivity index (χ4n) is 4.40. The molecule has 1 unspecified atom stereocenters. The van der Waals surface area contributed by atoms with Crippen molar-refractivity contribution in [3.05, 3.63) is 18.2 Å². The predicted octanol–water partition coefficient (Wildman–Crippen LogP) is 5.07. The molecule has 0 N–H and O–H groups in total. The van der Waals surface area contributed by atoms with Gasteiger partial charge < -0.3 is 9.47 Å². The van der Waals surface area contributed by atoms with Crippen LogP contribution in [0.15, 0.2) is 23.4 Å². The molecular weight excluding hydrogens is 386 g/mol. The number of ether oxygens (including phenoxy) is 2. The quantitative estimate of drug-likeness (QED) is 0.656. The summed E-state index contributed by atoms with van der Waals surface area (Å²) in [6.45, 7) is 0. The Balaban J connectivity index is 1.71. The summed E-state index contributed by atoms with van der Waals surface area (Å²) in [5.74, 6) is 2.58. The van der Waals surface area contributed by atoms with E-state index in [1.807, 2.05) is 18.2 Å². The maximum absolute atomic E-state index is 12.4. The summed E-state index contributed by atoms with van der Waals surface area (Å²) in [6.07, 6.45) is 9.75. The molecule has 29 heavy (non-hydrogen) atoms. The predicted molar refractivity (Wildman–Crippen MR) is 114 cm³/mol. The number of Topliss-reactive ketones (excluding diaryl/α,β-unsaturated/α-hetero) is 1. The van der Waals surface area contributed by atoms with E-state index in [-0.39, 0.29) is 5.25 Å². The average molecular weight is 416 g/mol. The van der Waals surface area contributed by atoms with Gasteiger partial charge in [0.05, 0.1) is 19.5 Å². The van der Waals surface area contributed by atoms with Crippen LogP contribution in [0.2, 0.25) is 0 Å². The summed E-state index contributed by atoms with van der Waals surface area (Å²) in [5, 5.41) is 10.00. The van der Waals surface area contributed by atoms with Crippen LogP contribution in [0, 0.1) is 0 Å². The minimum Gasteiger partial charge on any atom is -0.493 e. The topological polar surface area (TPSA) is 66.2 Å². The summed E-state index contributed by atoms with van der Waals surface area (Å²) in [6, 6.07) is 6.25. The molecule has 0 saturated heterocycles. The number of hydrogen-bond acceptors (Lipinski definition) is 6. The number of carbonyl (C=O) groups excluding carboxylic acids is 1. The molecule has 1 aromatic heterocycles. The van der Waals surface area contributed by atoms with Gasteiger partial charge in [-0.3, -0.25) is 9.36 Å². The first-order valence-electron chi connectivity index (χ1n) is 10.6. The van der Waals surface area contributed by atoms with E-state index in [0.717, 1.165) is 48.6 Å². The highest BCUT2D eigenvalue weighted by molar-refractivity contribution is 8.00. The van der Waals surface area contributed by atoms with E-state index >= 15 is 0 Å². The molecule has 156 valence electrons. The number of ketones is 1. The molecular formula is C22H29N3O3S. The summed E-state index contributed by atoms with van der Waals surface area (Å²) in [4.78, 5) is 12.4. The van der Waals surface area contributed by atoms with E-state index in [0.29, 0.717) is 29.7 Å². The second-order valence-electron chi connectivity index (χ2n) is 7.86. The maximum Gasteiger partial charge on any atom is 0.192 e. The second-order valence-corrected chi connectivity index (χ2v) is 9.03. The molecule has 7 heteroatoms. The SMILES string of the molecule is COc1ccc(-c2nnc(SC3CCCCC3=O)n2C2CCCCC2)cc1OC. The highest BCUT2D eigenvalue weighted by Gasteiger charge is 2.29. The second kappa shape index (κ2) is 9.20. The van der Waals surface area contributed by atoms with Crippen molar-refractivity contribution in [2.45, 2.75) is 74.2 Å². The molecule has 2 aliphatic rings. The van der Waals surface area contributed by atoms with Crippen molar-refractivity contribution < 1.29 is 14.3 Å². The fraction of sp³-hybridized carbons (Fsp3) is 0.591. The van der Waals surface area contributed by atoms with Crippen molar-refractivity contribution in [3.8, 4) is 22.9 Å². The Bertz CT molecular complexity index is 861. The largest absolute Gasteiger partial charge is 0.493 e. The van der Waals surface area contributed by atoms with Gasteiger partial charge in [0, 0.05) is 18.0 Å². The van der Waals surface area contributed by atoms with Crippen LogP contribution in [-0.2, 0) is 4.79 Å². The van der Waals surface area contributed by atoms with Gasteiger partial charge in [-0.15, -0.1) is 10.2 Å². The van der Waals surface area contributed by atoms with Crippen molar-refractivity contribution >= 4 is 17.5 Å². The van der Waals surface area contributed by atoms with Crippen LogP contribution in [0.4, 0.5) is 0 Å². The number of nitrogens with zero attached hydrogens (tertiary/aromatic N) is 3. The van der Waals surface area contributed by atoms with Gasteiger partial charge in [-0.2, -0.15) is 0 Å². The Kier molecular flexibility index (Phi) is 6.43. The van der Waals surface area contributed by atoms with Gasteiger partial charge in [-0.05, 0) is 43.9 Å². The third-order valence-electron chi connectivity index (χ3n) is 5.99. The van der Waals surface area contributed by atoms with Crippen molar-refractivity contribution in [2.24, 2.45) is 0 Å². The highest BCUT2D eigenvalue weighted by atomic mass is 32.2. The summed E-state index contributed by atoms with van der Waals surface area (Å²) in [5.41, 5.74) is 0.961. The highest BCUT2D eigenvalue weighted by Crippen LogP contribution is 2.40. The molecule has 0 spiro atoms. The Morgan fingerprint density at radius 3 is 2.45 bits per heavy atom. The lowest BCUT2D eigenvalue weighted by Crippen LogP contribution is -2.23. The third kappa shape index (κ3) is 4.29. The molecule has 4 rings (SSSR count). The Morgan fingerprint density at radius 1 is 0.966 bits per heavy atom. The number of benzene rings is 1. The summed E-state index contributed by atoms with van der Waals surface area (Å²) in [7, 11) is 3.28. The van der Waals surface area contributed by atoms with E-state index in [4.69, 9.17) is 9.47 Å². The zero-order valence-electron chi connectivity index (χ0n) is 17.2. The minimum atomic E-state index is 0.00791. The molecule has 1 atom stereocenters. The lowest BCUT2D eigenvalue weighted by Gasteiger charge is -2.27. The maximum atomic E-state index is 12.4. The number of rotatable bonds is 6. The van der Waals surface area contributed by atoms with Crippen LogP contribution < -0.4 is 9.47 Å². The Labute approximate surface area is 176 Å². The van der Waals surface area contributed by atoms with Gasteiger partial charge in [-0.1, -0.05) is 37.4 Å². The molecule has 2 fully saturated rings. The van der Waals surface area contributed by atoms with Crippen molar-refractivity contribution in [1.29, 1.82) is 0 Å². The first-order valence-corrected chi connectivity index (χ1v) is 11.5. The molecule has 2 aromatic rings. The van der Waals surface area contributed by atoms with Crippen molar-refractivity contribution in [1.82, 2.24) is 14.8 Å². The van der Waals surface area contributed by atoms with E-state index < -0.39 is 0 Å². The van der Waals surface area contributed by atoms with Crippen LogP contribution in [0.3, 0.4) is 0 Å². The molecule has 0 radical (unpaired) electrons. The molecule has 6 nitrogen and oxygen atoms in total. The van der Waals surface area contributed by atoms with Crippen molar-refractivity contribution in [3.63, 3.8) is 0 Å². The number of methoxy groups -OCH3 is 2. The monoisotopic (exact) mass is 415 g/mol. The molecule has 1 heterocycles. The normalized spacial score (nSPS) is 20.6. The molecule has 0 amide bonds. The van der Waals surface area contributed by atoms with Gasteiger partial charge in [0.15, 0.2) is 22.5 Å². The number of hydrogen-bond donors (Lipinski definition) is 0. The van der Waals surface area contributed by atoms with E-state index in [1.165, 1.54) is 19.3 Å². The molecule has 0 bridgehead atoms. The van der Waals surface area contributed by atoms with Gasteiger partial charge in [0.1, 0.15) is 5.78 Å². The van der Waals surface area contributed by atoms with Crippen LogP contribution >= 0.6 is 11.8 Å². The minimum absolute atomic E-state index is 0.00791. The Morgan fingerprint density at radius 2 is 1.72 bits per heavy atom. The molecule has 1 aromatic carbocycles. The number of thioether (sulfide) groups is 1. The lowest BCUT2D eigenvalue weighted by atomic mass is 9.95. The smallest absolute Gasteiger partial charge is 0.192 e. The third-order valence-corrected chi connectivity index (χ3v) is 7.26. The van der Waals surface area contributed by atoms with Gasteiger partial charge in [0.2, 0.25) is 0 Å². The van der Waals surface area contributed by atoms with Gasteiger partial charge >= 0.3 is 0 Å². The Hall–Kier alpha value is -2.02. The van der Waals surface area contributed by atoms with Crippen LogP contribution in [-0.4, -0.2) is 40.0 Å². The summed E-state index contributed by atoms with van der Waals surface area (Å²) < 4.78 is 13.2. The van der Waals surface area contributed by atoms with Gasteiger partial charge in [0.25, 0.3) is 0 Å². The molecule has 2 saturated carbocycles. The zero-order valence-corrected chi connectivity index (χ0v) is 18.0. The van der Waals surface area contributed by atoms with E-state index in [9.17, 15) is 4.79 Å². The number of carbonyl (C=O) groups is 1.